The lowest BCUT2D eigenvalue weighted by Crippen LogP contribution is -1.98. The Morgan fingerprint density at radius 1 is 0.692 bits per heavy atom. The predicted molar refractivity (Wildman–Crippen MR) is 101 cm³/mol. The van der Waals surface area contributed by atoms with Crippen molar-refractivity contribution in [3.63, 3.8) is 0 Å². The molecule has 26 heavy (non-hydrogen) atoms. The molecule has 0 aliphatic carbocycles. The van der Waals surface area contributed by atoms with Gasteiger partial charge in [0.2, 0.25) is 0 Å². The third-order valence-electron chi connectivity index (χ3n) is 4.64. The van der Waals surface area contributed by atoms with Crippen molar-refractivity contribution in [2.75, 3.05) is 0 Å². The Labute approximate surface area is 152 Å². The second-order valence-electron chi connectivity index (χ2n) is 6.40. The summed E-state index contributed by atoms with van der Waals surface area (Å²) < 4.78 is 43.2. The summed E-state index contributed by atoms with van der Waals surface area (Å²) in [5.41, 5.74) is 3.14. The quantitative estimate of drug-likeness (QED) is 0.465. The van der Waals surface area contributed by atoms with Crippen LogP contribution in [0.25, 0.3) is 22.3 Å². The lowest BCUT2D eigenvalue weighted by molar-refractivity contribution is 0.499. The first-order valence-corrected chi connectivity index (χ1v) is 8.91. The minimum absolute atomic E-state index is 0.0484. The molecule has 0 unspecified atom stereocenters. The van der Waals surface area contributed by atoms with Crippen LogP contribution in [0.5, 0.6) is 0 Å². The fourth-order valence-electron chi connectivity index (χ4n) is 3.11. The molecule has 0 aromatic heterocycles. The van der Waals surface area contributed by atoms with E-state index in [1.807, 2.05) is 31.2 Å². The second-order valence-corrected chi connectivity index (χ2v) is 6.40. The van der Waals surface area contributed by atoms with Crippen LogP contribution >= 0.6 is 0 Å². The fourth-order valence-corrected chi connectivity index (χ4v) is 3.11. The Kier molecular flexibility index (Phi) is 5.46. The highest BCUT2D eigenvalue weighted by molar-refractivity contribution is 5.71. The van der Waals surface area contributed by atoms with Gasteiger partial charge in [0.15, 0.2) is 11.6 Å². The van der Waals surface area contributed by atoms with Gasteiger partial charge < -0.3 is 0 Å². The maximum atomic E-state index is 14.6. The molecule has 0 saturated heterocycles. The lowest BCUT2D eigenvalue weighted by Gasteiger charge is -2.11. The van der Waals surface area contributed by atoms with E-state index in [0.29, 0.717) is 17.5 Å². The predicted octanol–water partition coefficient (Wildman–Crippen LogP) is 6.95. The summed E-state index contributed by atoms with van der Waals surface area (Å²) in [7, 11) is 0. The third kappa shape index (κ3) is 3.52. The van der Waals surface area contributed by atoms with Crippen LogP contribution in [0.4, 0.5) is 13.2 Å². The van der Waals surface area contributed by atoms with Crippen LogP contribution in [0.3, 0.4) is 0 Å². The minimum atomic E-state index is -0.991. The van der Waals surface area contributed by atoms with Crippen LogP contribution in [0.1, 0.15) is 31.4 Å². The van der Waals surface area contributed by atoms with Gasteiger partial charge in [0.1, 0.15) is 5.82 Å². The molecule has 3 aromatic carbocycles. The van der Waals surface area contributed by atoms with Crippen molar-refractivity contribution in [1.82, 2.24) is 0 Å². The third-order valence-corrected chi connectivity index (χ3v) is 4.64. The highest BCUT2D eigenvalue weighted by Crippen LogP contribution is 2.31. The van der Waals surface area contributed by atoms with Crippen molar-refractivity contribution in [3.8, 4) is 22.3 Å². The number of rotatable bonds is 5. The number of benzene rings is 3. The van der Waals surface area contributed by atoms with Crippen LogP contribution in [-0.4, -0.2) is 0 Å². The zero-order chi connectivity index (χ0) is 18.7. The van der Waals surface area contributed by atoms with Crippen molar-refractivity contribution in [2.24, 2.45) is 0 Å². The molecule has 3 aromatic rings. The van der Waals surface area contributed by atoms with Gasteiger partial charge in [0.25, 0.3) is 0 Å². The van der Waals surface area contributed by atoms with E-state index in [2.05, 4.69) is 6.92 Å². The zero-order valence-electron chi connectivity index (χ0n) is 15.0. The summed E-state index contributed by atoms with van der Waals surface area (Å²) in [5.74, 6) is -2.44. The van der Waals surface area contributed by atoms with E-state index in [0.717, 1.165) is 18.4 Å². The lowest BCUT2D eigenvalue weighted by atomic mass is 9.97. The van der Waals surface area contributed by atoms with E-state index < -0.39 is 17.5 Å². The van der Waals surface area contributed by atoms with Crippen LogP contribution in [-0.2, 0) is 12.8 Å². The molecule has 0 nitrogen and oxygen atoms in total. The molecule has 3 heteroatoms. The first-order valence-electron chi connectivity index (χ1n) is 8.91. The molecule has 0 N–H and O–H groups in total. The monoisotopic (exact) mass is 354 g/mol. The Morgan fingerprint density at radius 2 is 1.35 bits per heavy atom. The second kappa shape index (κ2) is 7.77. The van der Waals surface area contributed by atoms with Crippen molar-refractivity contribution >= 4 is 0 Å². The van der Waals surface area contributed by atoms with Gasteiger partial charge in [-0.2, -0.15) is 0 Å². The molecule has 134 valence electrons. The molecule has 3 rings (SSSR count). The number of halogens is 3. The molecule has 0 amide bonds. The molecular weight excluding hydrogens is 333 g/mol. The molecular formula is C23H21F3. The first kappa shape index (κ1) is 18.2. The number of hydrogen-bond donors (Lipinski definition) is 0. The van der Waals surface area contributed by atoms with Crippen molar-refractivity contribution in [2.45, 2.75) is 33.1 Å². The SMILES string of the molecule is CCCc1ccc(-c2ccc(-c3ccc(CC)cc3)cc2F)c(F)c1F. The van der Waals surface area contributed by atoms with Gasteiger partial charge in [0.05, 0.1) is 0 Å². The van der Waals surface area contributed by atoms with Gasteiger partial charge in [-0.25, -0.2) is 13.2 Å². The van der Waals surface area contributed by atoms with Crippen molar-refractivity contribution < 1.29 is 13.2 Å². The van der Waals surface area contributed by atoms with E-state index in [4.69, 9.17) is 0 Å². The van der Waals surface area contributed by atoms with Gasteiger partial charge in [-0.05, 0) is 41.2 Å². The van der Waals surface area contributed by atoms with Gasteiger partial charge in [-0.15, -0.1) is 0 Å². The molecule has 0 aliphatic rings. The molecule has 0 bridgehead atoms. The Morgan fingerprint density at radius 3 is 1.96 bits per heavy atom. The van der Waals surface area contributed by atoms with Gasteiger partial charge in [-0.3, -0.25) is 0 Å². The highest BCUT2D eigenvalue weighted by atomic mass is 19.2. The van der Waals surface area contributed by atoms with E-state index in [-0.39, 0.29) is 11.1 Å². The largest absolute Gasteiger partial charge is 0.206 e. The topological polar surface area (TPSA) is 0 Å². The van der Waals surface area contributed by atoms with E-state index >= 15 is 0 Å². The number of hydrogen-bond acceptors (Lipinski definition) is 0. The van der Waals surface area contributed by atoms with Gasteiger partial charge >= 0.3 is 0 Å². The summed E-state index contributed by atoms with van der Waals surface area (Å²) in [6.07, 6.45) is 2.11. The molecule has 0 heterocycles. The maximum Gasteiger partial charge on any atom is 0.167 e. The fraction of sp³-hybridized carbons (Fsp3) is 0.217. The van der Waals surface area contributed by atoms with Crippen LogP contribution < -0.4 is 0 Å². The summed E-state index contributed by atoms with van der Waals surface area (Å²) >= 11 is 0. The molecule has 0 radical (unpaired) electrons. The maximum absolute atomic E-state index is 14.6. The standard InChI is InChI=1S/C23H21F3/c1-3-5-17-10-13-20(23(26)22(17)25)19-12-11-18(14-21(19)24)16-8-6-15(4-2)7-9-16/h6-14H,3-5H2,1-2H3. The minimum Gasteiger partial charge on any atom is -0.206 e. The Hall–Kier alpha value is -2.55. The normalized spacial score (nSPS) is 11.0. The molecule has 0 fully saturated rings. The smallest absolute Gasteiger partial charge is 0.167 e. The molecule has 0 saturated carbocycles. The van der Waals surface area contributed by atoms with E-state index in [9.17, 15) is 13.2 Å². The summed E-state index contributed by atoms with van der Waals surface area (Å²) in [6, 6.07) is 15.5. The average Bonchev–Trinajstić information content (AvgIpc) is 2.66. The van der Waals surface area contributed by atoms with E-state index in [1.54, 1.807) is 6.07 Å². The van der Waals surface area contributed by atoms with Gasteiger partial charge in [-0.1, -0.05) is 68.8 Å². The molecule has 0 aliphatic heterocycles. The van der Waals surface area contributed by atoms with Crippen LogP contribution in [0.15, 0.2) is 54.6 Å². The highest BCUT2D eigenvalue weighted by Gasteiger charge is 2.17. The van der Waals surface area contributed by atoms with Gasteiger partial charge in [0, 0.05) is 11.1 Å². The Bertz CT molecular complexity index is 911. The summed E-state index contributed by atoms with van der Waals surface area (Å²) in [4.78, 5) is 0. The average molecular weight is 354 g/mol. The van der Waals surface area contributed by atoms with E-state index in [1.165, 1.54) is 29.8 Å². The van der Waals surface area contributed by atoms with Crippen LogP contribution in [0.2, 0.25) is 0 Å². The van der Waals surface area contributed by atoms with Crippen LogP contribution in [0, 0.1) is 17.5 Å². The number of aryl methyl sites for hydroxylation is 2. The molecule has 0 atom stereocenters. The molecule has 0 spiro atoms. The van der Waals surface area contributed by atoms with Crippen molar-refractivity contribution in [1.29, 1.82) is 0 Å². The van der Waals surface area contributed by atoms with Crippen molar-refractivity contribution in [3.05, 3.63) is 83.2 Å². The zero-order valence-corrected chi connectivity index (χ0v) is 15.0. The summed E-state index contributed by atoms with van der Waals surface area (Å²) in [6.45, 7) is 3.97. The first-order chi connectivity index (χ1) is 12.5. The Balaban J connectivity index is 1.98. The summed E-state index contributed by atoms with van der Waals surface area (Å²) in [5, 5.41) is 0.